The van der Waals surface area contributed by atoms with Crippen molar-refractivity contribution in [2.45, 2.75) is 70.9 Å². The topological polar surface area (TPSA) is 55.8 Å². The molecule has 0 aromatic rings. The Hall–Kier alpha value is -1.10. The van der Waals surface area contributed by atoms with Crippen LogP contribution >= 0.6 is 0 Å². The van der Waals surface area contributed by atoms with Gasteiger partial charge in [0.2, 0.25) is 0 Å². The molecule has 0 aliphatic carbocycles. The zero-order chi connectivity index (χ0) is 14.7. The SMILES string of the molecule is COC(=O)CCC(=O)ON1C(C)(C)CCCC1(C)C. The summed E-state index contributed by atoms with van der Waals surface area (Å²) in [4.78, 5) is 28.4. The minimum atomic E-state index is -0.394. The van der Waals surface area contributed by atoms with Gasteiger partial charge in [0.25, 0.3) is 0 Å². The first-order valence-corrected chi connectivity index (χ1v) is 6.77. The Morgan fingerprint density at radius 2 is 1.47 bits per heavy atom. The van der Waals surface area contributed by atoms with Crippen LogP contribution in [-0.4, -0.2) is 35.2 Å². The van der Waals surface area contributed by atoms with Crippen LogP contribution in [0.4, 0.5) is 0 Å². The first kappa shape index (κ1) is 16.0. The second-order valence-electron chi connectivity index (χ2n) is 6.31. The zero-order valence-electron chi connectivity index (χ0n) is 12.6. The van der Waals surface area contributed by atoms with Crippen molar-refractivity contribution < 1.29 is 19.2 Å². The first-order valence-electron chi connectivity index (χ1n) is 6.77. The van der Waals surface area contributed by atoms with Gasteiger partial charge in [-0.2, -0.15) is 0 Å². The summed E-state index contributed by atoms with van der Waals surface area (Å²) in [5.74, 6) is -0.775. The van der Waals surface area contributed by atoms with Gasteiger partial charge in [0.1, 0.15) is 0 Å². The molecule has 0 aromatic heterocycles. The van der Waals surface area contributed by atoms with Crippen LogP contribution in [0.25, 0.3) is 0 Å². The van der Waals surface area contributed by atoms with Crippen molar-refractivity contribution in [3.05, 3.63) is 0 Å². The smallest absolute Gasteiger partial charge is 0.325 e. The summed E-state index contributed by atoms with van der Waals surface area (Å²) in [6.07, 6.45) is 3.21. The lowest BCUT2D eigenvalue weighted by Gasteiger charge is -2.50. The van der Waals surface area contributed by atoms with Crippen molar-refractivity contribution in [2.75, 3.05) is 7.11 Å². The van der Waals surface area contributed by atoms with Gasteiger partial charge in [0.15, 0.2) is 0 Å². The molecule has 1 heterocycles. The number of esters is 1. The van der Waals surface area contributed by atoms with Crippen LogP contribution in [0.5, 0.6) is 0 Å². The molecule has 0 aromatic carbocycles. The number of carbonyl (C=O) groups excluding carboxylic acids is 2. The minimum absolute atomic E-state index is 0.0509. The largest absolute Gasteiger partial charge is 0.469 e. The number of hydroxylamine groups is 2. The maximum absolute atomic E-state index is 11.8. The van der Waals surface area contributed by atoms with Crippen LogP contribution in [0.15, 0.2) is 0 Å². The summed E-state index contributed by atoms with van der Waals surface area (Å²) in [7, 11) is 1.31. The maximum atomic E-state index is 11.8. The quantitative estimate of drug-likeness (QED) is 0.735. The fourth-order valence-corrected chi connectivity index (χ4v) is 2.68. The number of hydrogen-bond donors (Lipinski definition) is 0. The molecule has 0 bridgehead atoms. The number of ether oxygens (including phenoxy) is 1. The molecule has 110 valence electrons. The van der Waals surface area contributed by atoms with Gasteiger partial charge >= 0.3 is 11.9 Å². The molecule has 0 N–H and O–H groups in total. The number of hydrogen-bond acceptors (Lipinski definition) is 5. The van der Waals surface area contributed by atoms with Crippen molar-refractivity contribution >= 4 is 11.9 Å². The van der Waals surface area contributed by atoms with Crippen LogP contribution < -0.4 is 0 Å². The Labute approximate surface area is 115 Å². The summed E-state index contributed by atoms with van der Waals surface area (Å²) in [5, 5.41) is 1.79. The van der Waals surface area contributed by atoms with Gasteiger partial charge < -0.3 is 9.57 Å². The molecule has 0 spiro atoms. The predicted molar refractivity (Wildman–Crippen MR) is 71.2 cm³/mol. The molecule has 0 amide bonds. The number of methoxy groups -OCH3 is 1. The third-order valence-corrected chi connectivity index (χ3v) is 3.63. The van der Waals surface area contributed by atoms with Gasteiger partial charge in [-0.05, 0) is 47.0 Å². The summed E-state index contributed by atoms with van der Waals surface area (Å²) in [5.41, 5.74) is -0.356. The second-order valence-corrected chi connectivity index (χ2v) is 6.31. The van der Waals surface area contributed by atoms with E-state index in [-0.39, 0.29) is 29.9 Å². The third kappa shape index (κ3) is 4.20. The van der Waals surface area contributed by atoms with E-state index < -0.39 is 5.97 Å². The van der Waals surface area contributed by atoms with Crippen LogP contribution in [0, 0.1) is 0 Å². The molecule has 1 aliphatic rings. The van der Waals surface area contributed by atoms with Crippen molar-refractivity contribution in [2.24, 2.45) is 0 Å². The Balaban J connectivity index is 2.61. The van der Waals surface area contributed by atoms with Crippen LogP contribution in [-0.2, 0) is 19.2 Å². The van der Waals surface area contributed by atoms with Gasteiger partial charge in [-0.15, -0.1) is 5.06 Å². The Bertz CT molecular complexity index is 333. The van der Waals surface area contributed by atoms with Crippen LogP contribution in [0.3, 0.4) is 0 Å². The van der Waals surface area contributed by atoms with E-state index in [2.05, 4.69) is 32.4 Å². The molecule has 1 rings (SSSR count). The van der Waals surface area contributed by atoms with E-state index >= 15 is 0 Å². The van der Waals surface area contributed by atoms with Crippen LogP contribution in [0.1, 0.15) is 59.8 Å². The van der Waals surface area contributed by atoms with E-state index in [1.165, 1.54) is 7.11 Å². The Morgan fingerprint density at radius 1 is 1.00 bits per heavy atom. The molecular weight excluding hydrogens is 246 g/mol. The highest BCUT2D eigenvalue weighted by Crippen LogP contribution is 2.38. The van der Waals surface area contributed by atoms with Crippen molar-refractivity contribution in [3.63, 3.8) is 0 Å². The Kier molecular flexibility index (Phi) is 4.96. The lowest BCUT2D eigenvalue weighted by atomic mass is 9.82. The van der Waals surface area contributed by atoms with Gasteiger partial charge in [-0.1, -0.05) is 0 Å². The highest BCUT2D eigenvalue weighted by Gasteiger charge is 2.44. The van der Waals surface area contributed by atoms with E-state index in [9.17, 15) is 9.59 Å². The van der Waals surface area contributed by atoms with E-state index in [1.807, 2.05) is 0 Å². The highest BCUT2D eigenvalue weighted by molar-refractivity contribution is 5.77. The van der Waals surface area contributed by atoms with Gasteiger partial charge in [-0.25, -0.2) is 0 Å². The normalized spacial score (nSPS) is 21.7. The van der Waals surface area contributed by atoms with E-state index in [1.54, 1.807) is 5.06 Å². The molecule has 1 saturated heterocycles. The summed E-state index contributed by atoms with van der Waals surface area (Å²) < 4.78 is 4.51. The summed E-state index contributed by atoms with van der Waals surface area (Å²) in [6, 6.07) is 0. The molecule has 0 atom stereocenters. The van der Waals surface area contributed by atoms with Crippen molar-refractivity contribution in [1.82, 2.24) is 5.06 Å². The standard InChI is InChI=1S/C14H25NO4/c1-13(2)9-6-10-14(3,4)15(13)19-12(17)8-7-11(16)18-5/h6-10H2,1-5H3. The monoisotopic (exact) mass is 271 g/mol. The molecule has 0 saturated carbocycles. The molecule has 5 nitrogen and oxygen atoms in total. The average Bonchev–Trinajstić information content (AvgIpc) is 2.30. The third-order valence-electron chi connectivity index (χ3n) is 3.63. The van der Waals surface area contributed by atoms with Crippen molar-refractivity contribution in [3.8, 4) is 0 Å². The fourth-order valence-electron chi connectivity index (χ4n) is 2.68. The number of carbonyl (C=O) groups is 2. The van der Waals surface area contributed by atoms with Gasteiger partial charge in [0.05, 0.1) is 31.0 Å². The van der Waals surface area contributed by atoms with E-state index in [4.69, 9.17) is 4.84 Å². The number of rotatable bonds is 4. The number of nitrogens with zero attached hydrogens (tertiary/aromatic N) is 1. The molecule has 5 heteroatoms. The number of piperidine rings is 1. The lowest BCUT2D eigenvalue weighted by molar-refractivity contribution is -0.265. The predicted octanol–water partition coefficient (Wildman–Crippen LogP) is 2.44. The molecular formula is C14H25NO4. The van der Waals surface area contributed by atoms with E-state index in [0.717, 1.165) is 19.3 Å². The molecule has 1 aliphatic heterocycles. The van der Waals surface area contributed by atoms with Crippen LogP contribution in [0.2, 0.25) is 0 Å². The summed E-state index contributed by atoms with van der Waals surface area (Å²) >= 11 is 0. The van der Waals surface area contributed by atoms with E-state index in [0.29, 0.717) is 0 Å². The van der Waals surface area contributed by atoms with Crippen molar-refractivity contribution in [1.29, 1.82) is 0 Å². The molecule has 0 radical (unpaired) electrons. The molecule has 0 unspecified atom stereocenters. The first-order chi connectivity index (χ1) is 8.69. The summed E-state index contributed by atoms with van der Waals surface area (Å²) in [6.45, 7) is 8.28. The lowest BCUT2D eigenvalue weighted by Crippen LogP contribution is -2.58. The second kappa shape index (κ2) is 5.90. The Morgan fingerprint density at radius 3 is 1.95 bits per heavy atom. The average molecular weight is 271 g/mol. The molecule has 19 heavy (non-hydrogen) atoms. The maximum Gasteiger partial charge on any atom is 0.325 e. The fraction of sp³-hybridized carbons (Fsp3) is 0.857. The van der Waals surface area contributed by atoms with Gasteiger partial charge in [-0.3, -0.25) is 9.59 Å². The molecule has 1 fully saturated rings. The minimum Gasteiger partial charge on any atom is -0.469 e. The van der Waals surface area contributed by atoms with Gasteiger partial charge in [0, 0.05) is 0 Å². The zero-order valence-corrected chi connectivity index (χ0v) is 12.6. The highest BCUT2D eigenvalue weighted by atomic mass is 16.7.